The minimum atomic E-state index is 0. The van der Waals surface area contributed by atoms with Gasteiger partial charge in [-0.3, -0.25) is 0 Å². The fourth-order valence-electron chi connectivity index (χ4n) is 0.375. The highest BCUT2D eigenvalue weighted by Gasteiger charge is 1.89. The number of rotatable bonds is 0. The second-order valence-electron chi connectivity index (χ2n) is 1.27. The summed E-state index contributed by atoms with van der Waals surface area (Å²) in [5.74, 6) is 1.29. The van der Waals surface area contributed by atoms with Gasteiger partial charge in [-0.2, -0.15) is 0 Å². The first kappa shape index (κ1) is 11.9. The van der Waals surface area contributed by atoms with Crippen LogP contribution in [0.15, 0.2) is 23.3 Å². The summed E-state index contributed by atoms with van der Waals surface area (Å²) in [6.45, 7) is 0. The Hall–Kier alpha value is 0.210. The van der Waals surface area contributed by atoms with E-state index in [9.17, 15) is 0 Å². The smallest absolute Gasteiger partial charge is 0.112 e. The van der Waals surface area contributed by atoms with Crippen LogP contribution in [-0.2, 0) is 0 Å². The van der Waals surface area contributed by atoms with E-state index in [-0.39, 0.29) is 24.8 Å². The molecular weight excluding hydrogens is 179 g/mol. The van der Waals surface area contributed by atoms with Crippen LogP contribution in [0.4, 0.5) is 0 Å². The summed E-state index contributed by atoms with van der Waals surface area (Å²) in [5.41, 5.74) is 0. The summed E-state index contributed by atoms with van der Waals surface area (Å²) in [4.78, 5) is 0. The van der Waals surface area contributed by atoms with Crippen LogP contribution in [-0.4, -0.2) is 10.9 Å². The molecule has 1 rings (SSSR count). The van der Waals surface area contributed by atoms with Gasteiger partial charge in [-0.05, 0) is 17.6 Å². The topological polar surface area (TPSA) is 20.2 Å². The molecule has 0 aromatic rings. The van der Waals surface area contributed by atoms with Crippen molar-refractivity contribution in [1.82, 2.24) is 0 Å². The van der Waals surface area contributed by atoms with Gasteiger partial charge in [0.25, 0.3) is 0 Å². The predicted molar refractivity (Wildman–Crippen MR) is 46.8 cm³/mol. The van der Waals surface area contributed by atoms with E-state index in [2.05, 4.69) is 0 Å². The Morgan fingerprint density at radius 3 is 2.33 bits per heavy atom. The van der Waals surface area contributed by atoms with Gasteiger partial charge in [0.05, 0.1) is 0 Å². The van der Waals surface area contributed by atoms with Crippen LogP contribution in [0.1, 0.15) is 0 Å². The average molecular weight is 187 g/mol. The maximum Gasteiger partial charge on any atom is 0.112 e. The molecular formula is C5H8Cl2OS. The molecule has 0 atom stereocenters. The third-order valence-electron chi connectivity index (χ3n) is 0.724. The second-order valence-corrected chi connectivity index (χ2v) is 2.20. The molecule has 0 spiro atoms. The molecule has 0 radical (unpaired) electrons. The van der Waals surface area contributed by atoms with Gasteiger partial charge in [0, 0.05) is 5.75 Å². The van der Waals surface area contributed by atoms with Gasteiger partial charge in [0.1, 0.15) is 5.76 Å². The zero-order chi connectivity index (χ0) is 5.11. The highest BCUT2D eigenvalue weighted by molar-refractivity contribution is 8.02. The standard InChI is InChI=1S/C5H6OS.2ClH/c6-5-1-3-7-4-2-5;;/h1-3,6H,4H2;2*1H. The van der Waals surface area contributed by atoms with Crippen LogP contribution in [0.5, 0.6) is 0 Å². The number of halogens is 2. The van der Waals surface area contributed by atoms with Gasteiger partial charge in [-0.25, -0.2) is 0 Å². The fourth-order valence-corrected chi connectivity index (χ4v) is 0.989. The van der Waals surface area contributed by atoms with Crippen molar-refractivity contribution in [3.05, 3.63) is 23.3 Å². The van der Waals surface area contributed by atoms with E-state index in [0.717, 1.165) is 5.75 Å². The molecule has 0 aromatic heterocycles. The van der Waals surface area contributed by atoms with E-state index in [1.807, 2.05) is 5.41 Å². The van der Waals surface area contributed by atoms with E-state index in [0.29, 0.717) is 5.76 Å². The van der Waals surface area contributed by atoms with Crippen molar-refractivity contribution in [3.63, 3.8) is 0 Å². The number of thioether (sulfide) groups is 1. The minimum absolute atomic E-state index is 0. The van der Waals surface area contributed by atoms with Crippen LogP contribution in [0.2, 0.25) is 0 Å². The van der Waals surface area contributed by atoms with Gasteiger partial charge >= 0.3 is 0 Å². The first-order valence-electron chi connectivity index (χ1n) is 2.07. The first-order chi connectivity index (χ1) is 3.39. The Morgan fingerprint density at radius 1 is 1.44 bits per heavy atom. The van der Waals surface area contributed by atoms with Crippen molar-refractivity contribution < 1.29 is 5.11 Å². The number of aliphatic hydroxyl groups excluding tert-OH is 1. The molecule has 0 unspecified atom stereocenters. The molecule has 1 heterocycles. The third kappa shape index (κ3) is 4.70. The number of hydrogen-bond donors (Lipinski definition) is 1. The molecule has 0 aromatic carbocycles. The third-order valence-corrected chi connectivity index (χ3v) is 1.41. The summed E-state index contributed by atoms with van der Waals surface area (Å²) in [5, 5.41) is 10.6. The van der Waals surface area contributed by atoms with E-state index in [4.69, 9.17) is 5.11 Å². The van der Waals surface area contributed by atoms with E-state index in [1.165, 1.54) is 0 Å². The minimum Gasteiger partial charge on any atom is -0.508 e. The van der Waals surface area contributed by atoms with Crippen molar-refractivity contribution >= 4 is 36.6 Å². The zero-order valence-electron chi connectivity index (χ0n) is 4.61. The highest BCUT2D eigenvalue weighted by Crippen LogP contribution is 2.10. The summed E-state index contributed by atoms with van der Waals surface area (Å²) in [7, 11) is 0. The van der Waals surface area contributed by atoms with Gasteiger partial charge < -0.3 is 5.11 Å². The quantitative estimate of drug-likeness (QED) is 0.628. The van der Waals surface area contributed by atoms with Crippen LogP contribution in [0.25, 0.3) is 0 Å². The molecule has 1 aliphatic heterocycles. The Kier molecular flexibility index (Phi) is 8.40. The molecule has 0 aliphatic carbocycles. The monoisotopic (exact) mass is 186 g/mol. The Bertz CT molecular complexity index is 122. The van der Waals surface area contributed by atoms with E-state index >= 15 is 0 Å². The number of aliphatic hydroxyl groups is 1. The molecule has 0 saturated heterocycles. The summed E-state index contributed by atoms with van der Waals surface area (Å²) in [6, 6.07) is 0. The van der Waals surface area contributed by atoms with Gasteiger partial charge in [-0.1, -0.05) is 0 Å². The molecule has 1 nitrogen and oxygen atoms in total. The maximum atomic E-state index is 8.67. The van der Waals surface area contributed by atoms with Gasteiger partial charge in [0.2, 0.25) is 0 Å². The van der Waals surface area contributed by atoms with Gasteiger partial charge in [-0.15, -0.1) is 36.6 Å². The number of allylic oxidation sites excluding steroid dienone is 1. The largest absolute Gasteiger partial charge is 0.508 e. The molecule has 4 heteroatoms. The lowest BCUT2D eigenvalue weighted by Crippen LogP contribution is -1.80. The molecule has 0 saturated carbocycles. The van der Waals surface area contributed by atoms with Crippen molar-refractivity contribution in [2.45, 2.75) is 0 Å². The first-order valence-corrected chi connectivity index (χ1v) is 3.12. The lowest BCUT2D eigenvalue weighted by molar-refractivity contribution is 0.431. The van der Waals surface area contributed by atoms with Crippen molar-refractivity contribution in [3.8, 4) is 0 Å². The summed E-state index contributed by atoms with van der Waals surface area (Å²) in [6.07, 6.45) is 3.47. The normalized spacial score (nSPS) is 14.9. The van der Waals surface area contributed by atoms with E-state index < -0.39 is 0 Å². The molecule has 0 amide bonds. The van der Waals surface area contributed by atoms with Crippen molar-refractivity contribution in [2.24, 2.45) is 0 Å². The highest BCUT2D eigenvalue weighted by atomic mass is 35.5. The van der Waals surface area contributed by atoms with E-state index in [1.54, 1.807) is 23.9 Å². The Balaban J connectivity index is 0. The summed E-state index contributed by atoms with van der Waals surface area (Å²) >= 11 is 1.68. The SMILES string of the molecule is Cl.Cl.OC1=CCSC=C1. The average Bonchev–Trinajstić information content (AvgIpc) is 1.69. The molecule has 0 fully saturated rings. The maximum absolute atomic E-state index is 8.67. The molecule has 1 N–H and O–H groups in total. The van der Waals surface area contributed by atoms with Crippen LogP contribution >= 0.6 is 36.6 Å². The number of hydrogen-bond acceptors (Lipinski definition) is 2. The fraction of sp³-hybridized carbons (Fsp3) is 0.200. The molecule has 9 heavy (non-hydrogen) atoms. The molecule has 0 bridgehead atoms. The predicted octanol–water partition coefficient (Wildman–Crippen LogP) is 2.53. The zero-order valence-corrected chi connectivity index (χ0v) is 7.06. The lowest BCUT2D eigenvalue weighted by Gasteiger charge is -1.95. The molecule has 1 aliphatic rings. The van der Waals surface area contributed by atoms with Crippen LogP contribution in [0, 0.1) is 0 Å². The van der Waals surface area contributed by atoms with Gasteiger partial charge in [0.15, 0.2) is 0 Å². The van der Waals surface area contributed by atoms with Crippen molar-refractivity contribution in [2.75, 3.05) is 5.75 Å². The molecule has 54 valence electrons. The lowest BCUT2D eigenvalue weighted by atomic mass is 10.4. The second kappa shape index (κ2) is 6.33. The Morgan fingerprint density at radius 2 is 2.11 bits per heavy atom. The Labute approximate surface area is 71.0 Å². The summed E-state index contributed by atoms with van der Waals surface area (Å²) < 4.78 is 0. The van der Waals surface area contributed by atoms with Crippen LogP contribution < -0.4 is 0 Å². The van der Waals surface area contributed by atoms with Crippen molar-refractivity contribution in [1.29, 1.82) is 0 Å². The van der Waals surface area contributed by atoms with Crippen LogP contribution in [0.3, 0.4) is 0 Å².